The molecule has 1 N–H and O–H groups in total. The van der Waals surface area contributed by atoms with Crippen molar-refractivity contribution in [2.45, 2.75) is 26.7 Å². The Balaban J connectivity index is 1.63. The quantitative estimate of drug-likeness (QED) is 0.766. The van der Waals surface area contributed by atoms with Gasteiger partial charge in [-0.3, -0.25) is 9.10 Å². The van der Waals surface area contributed by atoms with Crippen molar-refractivity contribution in [3.05, 3.63) is 47.5 Å². The largest absolute Gasteiger partial charge is 0.454 e. The topological polar surface area (TPSA) is 84.9 Å². The molecule has 1 heterocycles. The average molecular weight is 404 g/mol. The lowest BCUT2D eigenvalue weighted by molar-refractivity contribution is -0.116. The van der Waals surface area contributed by atoms with Crippen LogP contribution in [0.2, 0.25) is 0 Å². The average Bonchev–Trinajstić information content (AvgIpc) is 3.08. The fourth-order valence-corrected chi connectivity index (χ4v) is 3.95. The standard InChI is InChI=1S/C20H24N2O5S/c1-14-6-7-15(2)17(11-14)21-20(23)5-4-10-22(28(3,24)25)16-8-9-18-19(12-16)27-13-26-18/h6-9,11-12H,4-5,10,13H2,1-3H3,(H,21,23). The summed E-state index contributed by atoms with van der Waals surface area (Å²) in [6, 6.07) is 10.9. The van der Waals surface area contributed by atoms with Crippen LogP contribution in [0.3, 0.4) is 0 Å². The summed E-state index contributed by atoms with van der Waals surface area (Å²) >= 11 is 0. The minimum absolute atomic E-state index is 0.121. The van der Waals surface area contributed by atoms with E-state index >= 15 is 0 Å². The van der Waals surface area contributed by atoms with Crippen LogP contribution in [0, 0.1) is 13.8 Å². The van der Waals surface area contributed by atoms with Crippen molar-refractivity contribution in [1.82, 2.24) is 0 Å². The molecule has 0 aromatic heterocycles. The zero-order valence-electron chi connectivity index (χ0n) is 16.2. The first-order chi connectivity index (χ1) is 13.2. The molecule has 1 amide bonds. The van der Waals surface area contributed by atoms with E-state index in [0.717, 1.165) is 23.1 Å². The number of sulfonamides is 1. The lowest BCUT2D eigenvalue weighted by Gasteiger charge is -2.22. The molecule has 0 radical (unpaired) electrons. The van der Waals surface area contributed by atoms with Crippen LogP contribution in [-0.2, 0) is 14.8 Å². The van der Waals surface area contributed by atoms with Gasteiger partial charge in [-0.05, 0) is 49.6 Å². The van der Waals surface area contributed by atoms with E-state index < -0.39 is 10.0 Å². The number of hydrogen-bond acceptors (Lipinski definition) is 5. The van der Waals surface area contributed by atoms with Crippen LogP contribution in [0.5, 0.6) is 11.5 Å². The molecule has 3 rings (SSSR count). The molecule has 28 heavy (non-hydrogen) atoms. The smallest absolute Gasteiger partial charge is 0.232 e. The predicted molar refractivity (Wildman–Crippen MR) is 109 cm³/mol. The highest BCUT2D eigenvalue weighted by Gasteiger charge is 2.21. The Kier molecular flexibility index (Phi) is 5.79. The summed E-state index contributed by atoms with van der Waals surface area (Å²) < 4.78 is 36.3. The molecule has 0 aliphatic carbocycles. The summed E-state index contributed by atoms with van der Waals surface area (Å²) in [6.07, 6.45) is 1.75. The van der Waals surface area contributed by atoms with Crippen molar-refractivity contribution < 1.29 is 22.7 Å². The van der Waals surface area contributed by atoms with E-state index in [0.29, 0.717) is 23.6 Å². The Morgan fingerprint density at radius 1 is 1.11 bits per heavy atom. The van der Waals surface area contributed by atoms with Crippen molar-refractivity contribution in [3.63, 3.8) is 0 Å². The third-order valence-electron chi connectivity index (χ3n) is 4.48. The fourth-order valence-electron chi connectivity index (χ4n) is 2.99. The molecule has 0 fully saturated rings. The Bertz CT molecular complexity index is 988. The minimum Gasteiger partial charge on any atom is -0.454 e. The van der Waals surface area contributed by atoms with Crippen LogP contribution in [0.4, 0.5) is 11.4 Å². The van der Waals surface area contributed by atoms with Gasteiger partial charge in [-0.15, -0.1) is 0 Å². The molecule has 150 valence electrons. The van der Waals surface area contributed by atoms with E-state index in [4.69, 9.17) is 9.47 Å². The van der Waals surface area contributed by atoms with Crippen molar-refractivity contribution in [3.8, 4) is 11.5 Å². The fraction of sp³-hybridized carbons (Fsp3) is 0.350. The molecular weight excluding hydrogens is 380 g/mol. The van der Waals surface area contributed by atoms with Crippen LogP contribution in [0.1, 0.15) is 24.0 Å². The van der Waals surface area contributed by atoms with Gasteiger partial charge in [0, 0.05) is 24.7 Å². The number of nitrogens with zero attached hydrogens (tertiary/aromatic N) is 1. The summed E-state index contributed by atoms with van der Waals surface area (Å²) in [4.78, 5) is 12.3. The molecule has 2 aromatic rings. The predicted octanol–water partition coefficient (Wildman–Crippen LogP) is 3.22. The number of ether oxygens (including phenoxy) is 2. The number of anilines is 2. The maximum Gasteiger partial charge on any atom is 0.232 e. The number of hydrogen-bond donors (Lipinski definition) is 1. The number of carbonyl (C=O) groups excluding carboxylic acids is 1. The van der Waals surface area contributed by atoms with Crippen molar-refractivity contribution in [2.75, 3.05) is 29.2 Å². The molecule has 1 aliphatic heterocycles. The highest BCUT2D eigenvalue weighted by molar-refractivity contribution is 7.92. The van der Waals surface area contributed by atoms with Gasteiger partial charge in [0.05, 0.1) is 11.9 Å². The monoisotopic (exact) mass is 404 g/mol. The number of nitrogens with one attached hydrogen (secondary N) is 1. The lowest BCUT2D eigenvalue weighted by atomic mass is 10.1. The molecule has 2 aromatic carbocycles. The zero-order chi connectivity index (χ0) is 20.3. The molecule has 0 saturated carbocycles. The first-order valence-electron chi connectivity index (χ1n) is 8.98. The molecule has 0 spiro atoms. The minimum atomic E-state index is -3.50. The van der Waals surface area contributed by atoms with E-state index in [1.165, 1.54) is 4.31 Å². The molecule has 1 aliphatic rings. The first-order valence-corrected chi connectivity index (χ1v) is 10.8. The molecule has 0 unspecified atom stereocenters. The second-order valence-electron chi connectivity index (χ2n) is 6.84. The van der Waals surface area contributed by atoms with E-state index in [1.54, 1.807) is 18.2 Å². The molecule has 7 nitrogen and oxygen atoms in total. The van der Waals surface area contributed by atoms with Crippen LogP contribution in [0.25, 0.3) is 0 Å². The highest BCUT2D eigenvalue weighted by atomic mass is 32.2. The van der Waals surface area contributed by atoms with Gasteiger partial charge in [0.2, 0.25) is 22.7 Å². The molecular formula is C20H24N2O5S. The second-order valence-corrected chi connectivity index (χ2v) is 8.75. The summed E-state index contributed by atoms with van der Waals surface area (Å²) in [5.74, 6) is 0.955. The van der Waals surface area contributed by atoms with Crippen molar-refractivity contribution >= 4 is 27.3 Å². The number of carbonyl (C=O) groups is 1. The van der Waals surface area contributed by atoms with Gasteiger partial charge in [0.15, 0.2) is 11.5 Å². The summed E-state index contributed by atoms with van der Waals surface area (Å²) in [5.41, 5.74) is 3.31. The number of rotatable bonds is 7. The zero-order valence-corrected chi connectivity index (χ0v) is 17.0. The second kappa shape index (κ2) is 8.10. The van der Waals surface area contributed by atoms with Gasteiger partial charge in [-0.1, -0.05) is 12.1 Å². The van der Waals surface area contributed by atoms with E-state index in [2.05, 4.69) is 5.32 Å². The van der Waals surface area contributed by atoms with Gasteiger partial charge in [0.25, 0.3) is 0 Å². The normalized spacial score (nSPS) is 12.7. The van der Waals surface area contributed by atoms with Gasteiger partial charge in [-0.25, -0.2) is 8.42 Å². The Hall–Kier alpha value is -2.74. The maximum atomic E-state index is 12.3. The Morgan fingerprint density at radius 3 is 2.61 bits per heavy atom. The summed E-state index contributed by atoms with van der Waals surface area (Å²) in [5, 5.41) is 2.89. The SMILES string of the molecule is Cc1ccc(C)c(NC(=O)CCCN(c2ccc3c(c2)OCO3)S(C)(=O)=O)c1. The van der Waals surface area contributed by atoms with Crippen molar-refractivity contribution in [2.24, 2.45) is 0 Å². The maximum absolute atomic E-state index is 12.3. The van der Waals surface area contributed by atoms with Gasteiger partial charge >= 0.3 is 0 Å². The number of aryl methyl sites for hydroxylation is 2. The summed E-state index contributed by atoms with van der Waals surface area (Å²) in [7, 11) is -3.50. The van der Waals surface area contributed by atoms with Crippen molar-refractivity contribution in [1.29, 1.82) is 0 Å². The molecule has 0 atom stereocenters. The Morgan fingerprint density at radius 2 is 1.86 bits per heavy atom. The number of benzene rings is 2. The van der Waals surface area contributed by atoms with Gasteiger partial charge in [0.1, 0.15) is 0 Å². The Labute approximate surface area is 165 Å². The van der Waals surface area contributed by atoms with Crippen LogP contribution < -0.4 is 19.1 Å². The van der Waals surface area contributed by atoms with Crippen LogP contribution in [-0.4, -0.2) is 33.9 Å². The molecule has 0 bridgehead atoms. The van der Waals surface area contributed by atoms with Crippen LogP contribution in [0.15, 0.2) is 36.4 Å². The third kappa shape index (κ3) is 4.75. The highest BCUT2D eigenvalue weighted by Crippen LogP contribution is 2.36. The number of fused-ring (bicyclic) bond motifs is 1. The van der Waals surface area contributed by atoms with Gasteiger partial charge < -0.3 is 14.8 Å². The lowest BCUT2D eigenvalue weighted by Crippen LogP contribution is -2.31. The molecule has 8 heteroatoms. The van der Waals surface area contributed by atoms with E-state index in [-0.39, 0.29) is 25.7 Å². The first kappa shape index (κ1) is 20.0. The van der Waals surface area contributed by atoms with Gasteiger partial charge in [-0.2, -0.15) is 0 Å². The molecule has 0 saturated heterocycles. The van der Waals surface area contributed by atoms with E-state index in [1.807, 2.05) is 32.0 Å². The third-order valence-corrected chi connectivity index (χ3v) is 5.67. The van der Waals surface area contributed by atoms with Crippen LogP contribution >= 0.6 is 0 Å². The number of amides is 1. The van der Waals surface area contributed by atoms with E-state index in [9.17, 15) is 13.2 Å². The summed E-state index contributed by atoms with van der Waals surface area (Å²) in [6.45, 7) is 4.21.